The van der Waals surface area contributed by atoms with Gasteiger partial charge in [0.1, 0.15) is 0 Å². The zero-order valence-electron chi connectivity index (χ0n) is 13.5. The topological polar surface area (TPSA) is 128 Å². The summed E-state index contributed by atoms with van der Waals surface area (Å²) in [7, 11) is -4.20. The van der Waals surface area contributed by atoms with Crippen molar-refractivity contribution in [3.05, 3.63) is 63.5 Å². The van der Waals surface area contributed by atoms with E-state index in [2.05, 4.69) is 9.71 Å². The fourth-order valence-corrected chi connectivity index (χ4v) is 4.49. The molecule has 1 aromatic heterocycles. The third-order valence-corrected chi connectivity index (χ3v) is 5.88. The van der Waals surface area contributed by atoms with Crippen LogP contribution in [0.4, 0.5) is 16.5 Å². The van der Waals surface area contributed by atoms with Crippen LogP contribution in [-0.4, -0.2) is 18.3 Å². The Labute approximate surface area is 153 Å². The highest BCUT2D eigenvalue weighted by molar-refractivity contribution is 7.93. The first-order valence-corrected chi connectivity index (χ1v) is 9.72. The Morgan fingerprint density at radius 1 is 1.23 bits per heavy atom. The van der Waals surface area contributed by atoms with Crippen molar-refractivity contribution in [3.8, 4) is 11.3 Å². The lowest BCUT2D eigenvalue weighted by molar-refractivity contribution is -0.387. The van der Waals surface area contributed by atoms with Crippen molar-refractivity contribution in [2.75, 3.05) is 10.5 Å². The van der Waals surface area contributed by atoms with Gasteiger partial charge in [-0.25, -0.2) is 13.4 Å². The first-order valence-electron chi connectivity index (χ1n) is 7.36. The highest BCUT2D eigenvalue weighted by Crippen LogP contribution is 2.32. The third-order valence-electron chi connectivity index (χ3n) is 3.63. The maximum atomic E-state index is 12.6. The van der Waals surface area contributed by atoms with Crippen LogP contribution in [0.3, 0.4) is 0 Å². The maximum absolute atomic E-state index is 12.6. The van der Waals surface area contributed by atoms with Crippen molar-refractivity contribution < 1.29 is 13.3 Å². The van der Waals surface area contributed by atoms with Crippen molar-refractivity contribution in [1.29, 1.82) is 0 Å². The van der Waals surface area contributed by atoms with E-state index in [1.165, 1.54) is 6.07 Å². The smallest absolute Gasteiger partial charge is 0.291 e. The number of nitrogen functional groups attached to an aromatic ring is 1. The van der Waals surface area contributed by atoms with Crippen molar-refractivity contribution >= 4 is 37.9 Å². The lowest BCUT2D eigenvalue weighted by Crippen LogP contribution is -2.15. The fraction of sp³-hybridized carbons (Fsp3) is 0.0625. The van der Waals surface area contributed by atoms with E-state index in [4.69, 9.17) is 5.73 Å². The summed E-state index contributed by atoms with van der Waals surface area (Å²) in [4.78, 5) is 14.2. The molecule has 3 aromatic rings. The zero-order valence-corrected chi connectivity index (χ0v) is 15.2. The van der Waals surface area contributed by atoms with Gasteiger partial charge in [-0.3, -0.25) is 14.8 Å². The molecule has 0 amide bonds. The molecule has 0 saturated heterocycles. The minimum absolute atomic E-state index is 0.118. The van der Waals surface area contributed by atoms with Gasteiger partial charge in [-0.1, -0.05) is 30.3 Å². The third kappa shape index (κ3) is 3.51. The van der Waals surface area contributed by atoms with Crippen LogP contribution >= 0.6 is 11.3 Å². The van der Waals surface area contributed by atoms with Crippen LogP contribution in [0.5, 0.6) is 0 Å². The van der Waals surface area contributed by atoms with E-state index in [0.29, 0.717) is 11.3 Å². The molecule has 0 spiro atoms. The van der Waals surface area contributed by atoms with Gasteiger partial charge in [0.05, 0.1) is 10.6 Å². The number of benzene rings is 2. The van der Waals surface area contributed by atoms with Gasteiger partial charge in [0.15, 0.2) is 10.0 Å². The number of hydrogen-bond acceptors (Lipinski definition) is 7. The predicted octanol–water partition coefficient (Wildman–Crippen LogP) is 3.41. The van der Waals surface area contributed by atoms with Gasteiger partial charge in [0.25, 0.3) is 15.7 Å². The monoisotopic (exact) mass is 390 g/mol. The molecule has 0 fully saturated rings. The second-order valence-corrected chi connectivity index (χ2v) is 7.95. The summed E-state index contributed by atoms with van der Waals surface area (Å²) in [5.74, 6) is 0. The molecule has 2 aromatic carbocycles. The number of nitrogens with two attached hydrogens (primary N) is 1. The molecule has 0 bridgehead atoms. The van der Waals surface area contributed by atoms with E-state index in [-0.39, 0.29) is 10.8 Å². The molecule has 0 aliphatic heterocycles. The molecular formula is C16H14N4O4S2. The number of aryl methyl sites for hydroxylation is 1. The predicted molar refractivity (Wildman–Crippen MR) is 101 cm³/mol. The van der Waals surface area contributed by atoms with E-state index in [0.717, 1.165) is 23.0 Å². The number of nitrogens with one attached hydrogen (secondary N) is 1. The molecule has 10 heteroatoms. The Balaban J connectivity index is 1.97. The molecule has 0 radical (unpaired) electrons. The summed E-state index contributed by atoms with van der Waals surface area (Å²) < 4.78 is 27.6. The summed E-state index contributed by atoms with van der Waals surface area (Å²) >= 11 is 1.09. The number of nitro benzene ring substituents is 1. The summed E-state index contributed by atoms with van der Waals surface area (Å²) in [6.45, 7) is 1.58. The second-order valence-electron chi connectivity index (χ2n) is 5.44. The van der Waals surface area contributed by atoms with E-state index < -0.39 is 25.5 Å². The summed E-state index contributed by atoms with van der Waals surface area (Å²) in [6, 6.07) is 11.5. The number of hydrogen-bond donors (Lipinski definition) is 2. The standard InChI is InChI=1S/C16H14N4O4S2/c1-10-7-15(14(20(21)22)8-12(10)17)26(23,24)19-16-18-13(9-25-16)11-5-3-2-4-6-11/h2-9H,17H2,1H3,(H,18,19). The largest absolute Gasteiger partial charge is 0.398 e. The number of thiazole rings is 1. The average Bonchev–Trinajstić information content (AvgIpc) is 3.05. The van der Waals surface area contributed by atoms with E-state index >= 15 is 0 Å². The minimum Gasteiger partial charge on any atom is -0.398 e. The molecule has 26 heavy (non-hydrogen) atoms. The number of aromatic nitrogens is 1. The Hall–Kier alpha value is -2.98. The van der Waals surface area contributed by atoms with E-state index in [1.54, 1.807) is 12.3 Å². The van der Waals surface area contributed by atoms with Gasteiger partial charge < -0.3 is 5.73 Å². The van der Waals surface area contributed by atoms with Gasteiger partial charge >= 0.3 is 0 Å². The Bertz CT molecular complexity index is 1080. The highest BCUT2D eigenvalue weighted by Gasteiger charge is 2.28. The molecule has 134 valence electrons. The molecule has 3 N–H and O–H groups in total. The zero-order chi connectivity index (χ0) is 18.9. The van der Waals surface area contributed by atoms with Crippen LogP contribution in [0.25, 0.3) is 11.3 Å². The van der Waals surface area contributed by atoms with Gasteiger partial charge in [-0.05, 0) is 18.6 Å². The van der Waals surface area contributed by atoms with E-state index in [1.807, 2.05) is 30.3 Å². The quantitative estimate of drug-likeness (QED) is 0.390. The second kappa shape index (κ2) is 6.73. The minimum atomic E-state index is -4.20. The molecule has 3 rings (SSSR count). The lowest BCUT2D eigenvalue weighted by atomic mass is 10.2. The normalized spacial score (nSPS) is 11.3. The number of nitrogens with zero attached hydrogens (tertiary/aromatic N) is 2. The molecule has 8 nitrogen and oxygen atoms in total. The Kier molecular flexibility index (Phi) is 4.62. The lowest BCUT2D eigenvalue weighted by Gasteiger charge is -2.08. The Morgan fingerprint density at radius 2 is 1.92 bits per heavy atom. The molecule has 0 atom stereocenters. The summed E-state index contributed by atoms with van der Waals surface area (Å²) in [5, 5.41) is 13.0. The number of sulfonamides is 1. The summed E-state index contributed by atoms with van der Waals surface area (Å²) in [5.41, 5.74) is 7.10. The molecule has 0 saturated carbocycles. The number of rotatable bonds is 5. The number of nitro groups is 1. The van der Waals surface area contributed by atoms with Crippen LogP contribution in [0.1, 0.15) is 5.56 Å². The van der Waals surface area contributed by atoms with Gasteiger partial charge in [0, 0.05) is 22.7 Å². The first kappa shape index (κ1) is 17.8. The molecular weight excluding hydrogens is 376 g/mol. The average molecular weight is 390 g/mol. The van der Waals surface area contributed by atoms with Crippen molar-refractivity contribution in [1.82, 2.24) is 4.98 Å². The summed E-state index contributed by atoms with van der Waals surface area (Å²) in [6.07, 6.45) is 0. The van der Waals surface area contributed by atoms with Gasteiger partial charge in [-0.15, -0.1) is 11.3 Å². The maximum Gasteiger partial charge on any atom is 0.291 e. The Morgan fingerprint density at radius 3 is 2.58 bits per heavy atom. The van der Waals surface area contributed by atoms with Crippen LogP contribution in [0, 0.1) is 17.0 Å². The first-order chi connectivity index (χ1) is 12.3. The van der Waals surface area contributed by atoms with Crippen molar-refractivity contribution in [3.63, 3.8) is 0 Å². The molecule has 1 heterocycles. The van der Waals surface area contributed by atoms with E-state index in [9.17, 15) is 18.5 Å². The van der Waals surface area contributed by atoms with Crippen LogP contribution in [-0.2, 0) is 10.0 Å². The van der Waals surface area contributed by atoms with Crippen LogP contribution in [0.15, 0.2) is 52.7 Å². The molecule has 0 aliphatic carbocycles. The molecule has 0 unspecified atom stereocenters. The SMILES string of the molecule is Cc1cc(S(=O)(=O)Nc2nc(-c3ccccc3)cs2)c([N+](=O)[O-])cc1N. The van der Waals surface area contributed by atoms with Crippen molar-refractivity contribution in [2.45, 2.75) is 11.8 Å². The van der Waals surface area contributed by atoms with Crippen LogP contribution in [0.2, 0.25) is 0 Å². The fourth-order valence-electron chi connectivity index (χ4n) is 2.28. The van der Waals surface area contributed by atoms with Crippen LogP contribution < -0.4 is 10.5 Å². The molecule has 0 aliphatic rings. The van der Waals surface area contributed by atoms with Crippen molar-refractivity contribution in [2.24, 2.45) is 0 Å². The highest BCUT2D eigenvalue weighted by atomic mass is 32.2. The number of anilines is 2. The van der Waals surface area contributed by atoms with Gasteiger partial charge in [-0.2, -0.15) is 0 Å². The van der Waals surface area contributed by atoms with Gasteiger partial charge in [0.2, 0.25) is 0 Å².